The van der Waals surface area contributed by atoms with Gasteiger partial charge in [-0.2, -0.15) is 5.26 Å². The first-order valence-electron chi connectivity index (χ1n) is 5.54. The summed E-state index contributed by atoms with van der Waals surface area (Å²) in [6.07, 6.45) is 1.78. The topological polar surface area (TPSA) is 61.1 Å². The molecule has 2 rings (SSSR count). The van der Waals surface area contributed by atoms with E-state index in [1.54, 1.807) is 6.08 Å². The molecule has 3 nitrogen and oxygen atoms in total. The Balaban J connectivity index is 2.23. The minimum Gasteiger partial charge on any atom is -0.481 e. The van der Waals surface area contributed by atoms with Crippen molar-refractivity contribution in [3.05, 3.63) is 41.5 Å². The molecule has 17 heavy (non-hydrogen) atoms. The molecular weight excluding hydrogens is 214 g/mol. The molecule has 1 N–H and O–H groups in total. The van der Waals surface area contributed by atoms with Crippen molar-refractivity contribution in [2.45, 2.75) is 6.92 Å². The van der Waals surface area contributed by atoms with E-state index in [0.717, 1.165) is 5.56 Å². The average molecular weight is 227 g/mol. The van der Waals surface area contributed by atoms with E-state index in [1.807, 2.05) is 37.3 Å². The van der Waals surface area contributed by atoms with E-state index in [0.29, 0.717) is 5.57 Å². The van der Waals surface area contributed by atoms with Crippen LogP contribution < -0.4 is 0 Å². The number of aliphatic carboxylic acids is 1. The molecule has 1 saturated carbocycles. The summed E-state index contributed by atoms with van der Waals surface area (Å²) in [7, 11) is 0. The molecule has 0 aromatic heterocycles. The van der Waals surface area contributed by atoms with Crippen molar-refractivity contribution >= 4 is 12.0 Å². The van der Waals surface area contributed by atoms with E-state index in [1.165, 1.54) is 0 Å². The molecule has 1 aromatic carbocycles. The van der Waals surface area contributed by atoms with Gasteiger partial charge < -0.3 is 5.11 Å². The fourth-order valence-corrected chi connectivity index (χ4v) is 2.25. The predicted octanol–water partition coefficient (Wildman–Crippen LogP) is 2.56. The first-order valence-corrected chi connectivity index (χ1v) is 5.54. The van der Waals surface area contributed by atoms with E-state index in [9.17, 15) is 4.79 Å². The number of hydrogen-bond donors (Lipinski definition) is 1. The van der Waals surface area contributed by atoms with Crippen molar-refractivity contribution in [1.29, 1.82) is 5.26 Å². The highest BCUT2D eigenvalue weighted by atomic mass is 16.4. The predicted molar refractivity (Wildman–Crippen MR) is 63.8 cm³/mol. The average Bonchev–Trinajstić information content (AvgIpc) is 2.99. The Hall–Kier alpha value is -2.08. The molecule has 86 valence electrons. The molecular formula is C14H13NO2. The summed E-state index contributed by atoms with van der Waals surface area (Å²) in [4.78, 5) is 10.9. The lowest BCUT2D eigenvalue weighted by molar-refractivity contribution is -0.139. The second-order valence-electron chi connectivity index (χ2n) is 4.37. The molecule has 3 atom stereocenters. The van der Waals surface area contributed by atoms with Crippen LogP contribution in [-0.2, 0) is 4.79 Å². The van der Waals surface area contributed by atoms with Crippen LogP contribution in [0.2, 0.25) is 0 Å². The lowest BCUT2D eigenvalue weighted by atomic mass is 10.1. The summed E-state index contributed by atoms with van der Waals surface area (Å²) < 4.78 is 0. The zero-order valence-electron chi connectivity index (χ0n) is 9.50. The fourth-order valence-electron chi connectivity index (χ4n) is 2.25. The van der Waals surface area contributed by atoms with Crippen LogP contribution in [-0.4, -0.2) is 11.1 Å². The Morgan fingerprint density at radius 2 is 2.00 bits per heavy atom. The number of hydrogen-bond acceptors (Lipinski definition) is 2. The number of benzene rings is 1. The van der Waals surface area contributed by atoms with Crippen LogP contribution in [0.1, 0.15) is 12.5 Å². The van der Waals surface area contributed by atoms with Gasteiger partial charge in [0.15, 0.2) is 0 Å². The van der Waals surface area contributed by atoms with Gasteiger partial charge in [0.05, 0.1) is 12.0 Å². The van der Waals surface area contributed by atoms with E-state index in [-0.39, 0.29) is 11.8 Å². The number of rotatable bonds is 3. The van der Waals surface area contributed by atoms with E-state index in [2.05, 4.69) is 6.07 Å². The third kappa shape index (κ3) is 2.21. The molecule has 0 spiro atoms. The monoisotopic (exact) mass is 227 g/mol. The van der Waals surface area contributed by atoms with E-state index < -0.39 is 11.9 Å². The second-order valence-corrected chi connectivity index (χ2v) is 4.37. The Morgan fingerprint density at radius 1 is 1.35 bits per heavy atom. The summed E-state index contributed by atoms with van der Waals surface area (Å²) in [6.45, 7) is 1.87. The third-order valence-corrected chi connectivity index (χ3v) is 3.27. The lowest BCUT2D eigenvalue weighted by Crippen LogP contribution is -2.00. The number of allylic oxidation sites excluding steroid dienone is 1. The molecule has 1 aliphatic carbocycles. The first-order chi connectivity index (χ1) is 8.15. The Morgan fingerprint density at radius 3 is 2.47 bits per heavy atom. The van der Waals surface area contributed by atoms with Gasteiger partial charge in [0, 0.05) is 11.5 Å². The molecule has 0 radical (unpaired) electrons. The van der Waals surface area contributed by atoms with Crippen molar-refractivity contribution in [2.75, 3.05) is 0 Å². The van der Waals surface area contributed by atoms with Crippen LogP contribution in [0, 0.1) is 29.1 Å². The van der Waals surface area contributed by atoms with Crippen LogP contribution in [0.4, 0.5) is 0 Å². The largest absolute Gasteiger partial charge is 0.481 e. The minimum atomic E-state index is -0.809. The second kappa shape index (κ2) is 4.42. The summed E-state index contributed by atoms with van der Waals surface area (Å²) in [6, 6.07) is 11.6. The third-order valence-electron chi connectivity index (χ3n) is 3.27. The number of nitriles is 1. The van der Waals surface area contributed by atoms with Crippen molar-refractivity contribution in [3.8, 4) is 6.07 Å². The van der Waals surface area contributed by atoms with Crippen LogP contribution in [0.25, 0.3) is 6.08 Å². The minimum absolute atomic E-state index is 0.0575. The van der Waals surface area contributed by atoms with Gasteiger partial charge in [-0.25, -0.2) is 0 Å². The molecule has 1 aliphatic rings. The van der Waals surface area contributed by atoms with Crippen molar-refractivity contribution in [2.24, 2.45) is 17.8 Å². The number of carboxylic acids is 1. The van der Waals surface area contributed by atoms with Gasteiger partial charge in [0.25, 0.3) is 0 Å². The van der Waals surface area contributed by atoms with E-state index in [4.69, 9.17) is 10.4 Å². The van der Waals surface area contributed by atoms with Crippen LogP contribution >= 0.6 is 0 Å². The Kier molecular flexibility index (Phi) is 2.97. The fraction of sp³-hybridized carbons (Fsp3) is 0.286. The zero-order chi connectivity index (χ0) is 12.4. The highest BCUT2D eigenvalue weighted by Crippen LogP contribution is 2.50. The summed E-state index contributed by atoms with van der Waals surface area (Å²) in [5.41, 5.74) is 1.50. The molecule has 0 bridgehead atoms. The molecule has 0 saturated heterocycles. The van der Waals surface area contributed by atoms with Gasteiger partial charge >= 0.3 is 5.97 Å². The SMILES string of the molecule is CC1C(C(=O)O)C1/C(C#N)=C\c1ccccc1. The molecule has 0 amide bonds. The Bertz CT molecular complexity index is 499. The van der Waals surface area contributed by atoms with Crippen LogP contribution in [0.3, 0.4) is 0 Å². The maximum Gasteiger partial charge on any atom is 0.307 e. The molecule has 1 aromatic rings. The number of carbonyl (C=O) groups is 1. The molecule has 3 heteroatoms. The Labute approximate surface area is 100 Å². The van der Waals surface area contributed by atoms with Crippen LogP contribution in [0.5, 0.6) is 0 Å². The van der Waals surface area contributed by atoms with Crippen LogP contribution in [0.15, 0.2) is 35.9 Å². The van der Waals surface area contributed by atoms with Gasteiger partial charge in [-0.3, -0.25) is 4.79 Å². The maximum atomic E-state index is 10.9. The first kappa shape index (κ1) is 11.4. The number of carboxylic acid groups (broad SMARTS) is 1. The van der Waals surface area contributed by atoms with Crippen molar-refractivity contribution in [3.63, 3.8) is 0 Å². The smallest absolute Gasteiger partial charge is 0.307 e. The van der Waals surface area contributed by atoms with Gasteiger partial charge in [-0.05, 0) is 17.6 Å². The summed E-state index contributed by atoms with van der Waals surface area (Å²) in [5, 5.41) is 18.1. The molecule has 3 unspecified atom stereocenters. The summed E-state index contributed by atoms with van der Waals surface area (Å²) >= 11 is 0. The maximum absolute atomic E-state index is 10.9. The molecule has 0 aliphatic heterocycles. The normalized spacial score (nSPS) is 27.3. The lowest BCUT2D eigenvalue weighted by Gasteiger charge is -1.96. The number of nitrogens with zero attached hydrogens (tertiary/aromatic N) is 1. The van der Waals surface area contributed by atoms with Crippen molar-refractivity contribution < 1.29 is 9.90 Å². The highest BCUT2D eigenvalue weighted by Gasteiger charge is 2.53. The van der Waals surface area contributed by atoms with Gasteiger partial charge in [-0.1, -0.05) is 37.3 Å². The van der Waals surface area contributed by atoms with E-state index >= 15 is 0 Å². The van der Waals surface area contributed by atoms with Gasteiger partial charge in [0.2, 0.25) is 0 Å². The molecule has 0 heterocycles. The summed E-state index contributed by atoms with van der Waals surface area (Å²) in [5.74, 6) is -1.28. The van der Waals surface area contributed by atoms with Gasteiger partial charge in [0.1, 0.15) is 0 Å². The quantitative estimate of drug-likeness (QED) is 0.807. The van der Waals surface area contributed by atoms with Gasteiger partial charge in [-0.15, -0.1) is 0 Å². The van der Waals surface area contributed by atoms with Crippen molar-refractivity contribution in [1.82, 2.24) is 0 Å². The molecule has 1 fully saturated rings. The highest BCUT2D eigenvalue weighted by molar-refractivity contribution is 5.77. The zero-order valence-corrected chi connectivity index (χ0v) is 9.50. The standard InChI is InChI=1S/C14H13NO2/c1-9-12(13(9)14(16)17)11(8-15)7-10-5-3-2-4-6-10/h2-7,9,12-13H,1H3,(H,16,17)/b11-7-.